The molecule has 12 rings (SSSR count). The first kappa shape index (κ1) is 33.2. The second-order valence-corrected chi connectivity index (χ2v) is 16.9. The van der Waals surface area contributed by atoms with Crippen molar-refractivity contribution in [2.24, 2.45) is 0 Å². The summed E-state index contributed by atoms with van der Waals surface area (Å²) in [5.74, 6) is 0. The highest BCUT2D eigenvalue weighted by atomic mass is 15.1. The van der Waals surface area contributed by atoms with Crippen LogP contribution >= 0.6 is 0 Å². The molecule has 274 valence electrons. The number of rotatable bonds is 4. The van der Waals surface area contributed by atoms with Crippen LogP contribution in [0.15, 0.2) is 194 Å². The van der Waals surface area contributed by atoms with Gasteiger partial charge in [-0.05, 0) is 121 Å². The topological polar surface area (TPSA) is 3.24 Å². The third kappa shape index (κ3) is 4.36. The summed E-state index contributed by atoms with van der Waals surface area (Å²) in [5.41, 5.74) is 22.7. The minimum atomic E-state index is -0.458. The van der Waals surface area contributed by atoms with E-state index in [1.165, 1.54) is 99.9 Å². The quantitative estimate of drug-likeness (QED) is 0.174. The number of hydrogen-bond acceptors (Lipinski definition) is 1. The van der Waals surface area contributed by atoms with Gasteiger partial charge in [0.15, 0.2) is 0 Å². The van der Waals surface area contributed by atoms with E-state index in [9.17, 15) is 0 Å². The van der Waals surface area contributed by atoms with Crippen LogP contribution in [0.4, 0.5) is 17.1 Å². The van der Waals surface area contributed by atoms with Gasteiger partial charge < -0.3 is 4.90 Å². The number of hydrogen-bond donors (Lipinski definition) is 0. The zero-order valence-corrected chi connectivity index (χ0v) is 32.9. The molecule has 0 aromatic heterocycles. The maximum Gasteiger partial charge on any atom is 0.0726 e. The molecule has 0 bridgehead atoms. The average Bonchev–Trinajstić information content (AvgIpc) is 3.83. The maximum absolute atomic E-state index is 2.55. The largest absolute Gasteiger partial charge is 0.310 e. The van der Waals surface area contributed by atoms with E-state index < -0.39 is 5.41 Å². The predicted molar refractivity (Wildman–Crippen MR) is 243 cm³/mol. The zero-order chi connectivity index (χ0) is 38.8. The molecule has 0 heterocycles. The second-order valence-electron chi connectivity index (χ2n) is 16.9. The van der Waals surface area contributed by atoms with Crippen LogP contribution in [-0.4, -0.2) is 0 Å². The lowest BCUT2D eigenvalue weighted by atomic mass is 9.70. The van der Waals surface area contributed by atoms with Gasteiger partial charge >= 0.3 is 0 Å². The molecule has 0 atom stereocenters. The molecule has 0 N–H and O–H groups in total. The molecule has 0 unspecified atom stereocenters. The molecule has 0 fully saturated rings. The van der Waals surface area contributed by atoms with E-state index in [-0.39, 0.29) is 5.41 Å². The Kier molecular flexibility index (Phi) is 6.88. The molecule has 9 aromatic carbocycles. The molecular weight excluding hydrogens is 699 g/mol. The van der Waals surface area contributed by atoms with Gasteiger partial charge in [-0.1, -0.05) is 183 Å². The Bertz CT molecular complexity index is 3100. The lowest BCUT2D eigenvalue weighted by molar-refractivity contribution is 0.660. The third-order valence-electron chi connectivity index (χ3n) is 13.6. The highest BCUT2D eigenvalue weighted by Crippen LogP contribution is 2.65. The minimum absolute atomic E-state index is 0.133. The molecule has 1 spiro atoms. The van der Waals surface area contributed by atoms with Gasteiger partial charge in [0.2, 0.25) is 0 Å². The van der Waals surface area contributed by atoms with Gasteiger partial charge in [-0.25, -0.2) is 0 Å². The molecule has 0 saturated heterocycles. The van der Waals surface area contributed by atoms with Crippen molar-refractivity contribution in [3.63, 3.8) is 0 Å². The fourth-order valence-electron chi connectivity index (χ4n) is 10.9. The van der Waals surface area contributed by atoms with Crippen LogP contribution in [0.1, 0.15) is 52.8 Å². The Morgan fingerprint density at radius 3 is 1.47 bits per heavy atom. The molecule has 0 saturated carbocycles. The van der Waals surface area contributed by atoms with Gasteiger partial charge in [0, 0.05) is 22.2 Å². The van der Waals surface area contributed by atoms with E-state index in [4.69, 9.17) is 0 Å². The normalized spacial score (nSPS) is 14.4. The fraction of sp³-hybridized carbons (Fsp3) is 0.0877. The molecule has 1 nitrogen and oxygen atoms in total. The standard InChI is InChI=1S/C57H41N/c1-36-24-26-37(27-25-36)38-28-30-39(31-29-38)58(40-32-33-44-41-14-6-10-20-48(41)56(2,3)52(44)34-40)54-35-53-55(46-18-5-4-17-45(46)54)47-19-9-13-23-51(47)57(53)49-21-11-7-15-42(49)43-16-8-12-22-50(43)57/h4-35H,1-3H3. The Labute approximate surface area is 340 Å². The number of fused-ring (bicyclic) bond motifs is 15. The van der Waals surface area contributed by atoms with Crippen molar-refractivity contribution in [3.8, 4) is 44.5 Å². The number of nitrogens with zero attached hydrogens (tertiary/aromatic N) is 1. The average molecular weight is 740 g/mol. The summed E-state index contributed by atoms with van der Waals surface area (Å²) in [6.45, 7) is 6.90. The molecule has 3 aliphatic rings. The highest BCUT2D eigenvalue weighted by molar-refractivity contribution is 6.12. The van der Waals surface area contributed by atoms with Crippen LogP contribution in [-0.2, 0) is 10.8 Å². The second kappa shape index (κ2) is 12.0. The number of benzene rings is 9. The molecule has 0 aliphatic heterocycles. The van der Waals surface area contributed by atoms with Gasteiger partial charge in [0.25, 0.3) is 0 Å². The first-order chi connectivity index (χ1) is 28.4. The van der Waals surface area contributed by atoms with E-state index in [0.717, 1.165) is 11.4 Å². The zero-order valence-electron chi connectivity index (χ0n) is 32.9. The highest BCUT2D eigenvalue weighted by Gasteiger charge is 2.52. The Morgan fingerprint density at radius 2 is 0.828 bits per heavy atom. The van der Waals surface area contributed by atoms with Crippen molar-refractivity contribution in [1.29, 1.82) is 0 Å². The third-order valence-corrected chi connectivity index (χ3v) is 13.6. The molecule has 3 aliphatic carbocycles. The van der Waals surface area contributed by atoms with Crippen molar-refractivity contribution in [3.05, 3.63) is 233 Å². The van der Waals surface area contributed by atoms with Gasteiger partial charge in [-0.15, -0.1) is 0 Å². The van der Waals surface area contributed by atoms with Crippen LogP contribution in [0.2, 0.25) is 0 Å². The van der Waals surface area contributed by atoms with E-state index in [2.05, 4.69) is 220 Å². The first-order valence-corrected chi connectivity index (χ1v) is 20.5. The lowest BCUT2D eigenvalue weighted by Gasteiger charge is -2.33. The van der Waals surface area contributed by atoms with E-state index in [1.807, 2.05) is 0 Å². The predicted octanol–water partition coefficient (Wildman–Crippen LogP) is 14.9. The minimum Gasteiger partial charge on any atom is -0.310 e. The van der Waals surface area contributed by atoms with Crippen molar-refractivity contribution >= 4 is 27.8 Å². The van der Waals surface area contributed by atoms with Gasteiger partial charge in [-0.3, -0.25) is 0 Å². The summed E-state index contributed by atoms with van der Waals surface area (Å²) in [6, 6.07) is 73.2. The van der Waals surface area contributed by atoms with Gasteiger partial charge in [0.1, 0.15) is 0 Å². The van der Waals surface area contributed by atoms with E-state index in [1.54, 1.807) is 0 Å². The van der Waals surface area contributed by atoms with Gasteiger partial charge in [0.05, 0.1) is 11.1 Å². The monoisotopic (exact) mass is 739 g/mol. The van der Waals surface area contributed by atoms with E-state index >= 15 is 0 Å². The SMILES string of the molecule is Cc1ccc(-c2ccc(N(c3ccc4c(c3)C(C)(C)c3ccccc3-4)c3cc4c(c5ccccc35)-c3ccccc3C43c4ccccc4-c4ccccc43)cc2)cc1. The Hall–Kier alpha value is -6.96. The summed E-state index contributed by atoms with van der Waals surface area (Å²) in [4.78, 5) is 2.53. The van der Waals surface area contributed by atoms with Crippen LogP contribution in [0.5, 0.6) is 0 Å². The Balaban J connectivity index is 1.16. The van der Waals surface area contributed by atoms with Crippen molar-refractivity contribution in [2.45, 2.75) is 31.6 Å². The van der Waals surface area contributed by atoms with Gasteiger partial charge in [-0.2, -0.15) is 0 Å². The maximum atomic E-state index is 2.55. The van der Waals surface area contributed by atoms with E-state index in [0.29, 0.717) is 0 Å². The summed E-state index contributed by atoms with van der Waals surface area (Å²) >= 11 is 0. The first-order valence-electron chi connectivity index (χ1n) is 20.5. The Morgan fingerprint density at radius 1 is 0.362 bits per heavy atom. The van der Waals surface area contributed by atoms with Crippen molar-refractivity contribution < 1.29 is 0 Å². The molecule has 9 aromatic rings. The van der Waals surface area contributed by atoms with Crippen LogP contribution < -0.4 is 4.90 Å². The molecule has 0 radical (unpaired) electrons. The molecule has 1 heteroatoms. The van der Waals surface area contributed by atoms with Crippen LogP contribution in [0.25, 0.3) is 55.3 Å². The molecular formula is C57H41N. The van der Waals surface area contributed by atoms with Crippen molar-refractivity contribution in [2.75, 3.05) is 4.90 Å². The van der Waals surface area contributed by atoms with Crippen molar-refractivity contribution in [1.82, 2.24) is 0 Å². The summed E-state index contributed by atoms with van der Waals surface area (Å²) in [6.07, 6.45) is 0. The lowest BCUT2D eigenvalue weighted by Crippen LogP contribution is -2.26. The number of aryl methyl sites for hydroxylation is 1. The summed E-state index contributed by atoms with van der Waals surface area (Å²) < 4.78 is 0. The van der Waals surface area contributed by atoms with Crippen LogP contribution in [0.3, 0.4) is 0 Å². The summed E-state index contributed by atoms with van der Waals surface area (Å²) in [5, 5.41) is 2.51. The molecule has 58 heavy (non-hydrogen) atoms. The number of anilines is 3. The fourth-order valence-corrected chi connectivity index (χ4v) is 10.9. The molecule has 0 amide bonds. The smallest absolute Gasteiger partial charge is 0.0726 e. The van der Waals surface area contributed by atoms with Crippen LogP contribution in [0, 0.1) is 6.92 Å². The summed E-state index contributed by atoms with van der Waals surface area (Å²) in [7, 11) is 0.